The van der Waals surface area contributed by atoms with Gasteiger partial charge in [0, 0.05) is 17.7 Å². The summed E-state index contributed by atoms with van der Waals surface area (Å²) in [5.74, 6) is -0.840. The minimum absolute atomic E-state index is 0.0297. The van der Waals surface area contributed by atoms with Crippen molar-refractivity contribution in [1.82, 2.24) is 10.0 Å². The molecule has 1 atom stereocenters. The third kappa shape index (κ3) is 4.00. The number of nitrogens with one attached hydrogen (secondary N) is 2. The molecule has 2 aromatic carbocycles. The lowest BCUT2D eigenvalue weighted by atomic mass is 10.0. The normalized spacial score (nSPS) is 17.4. The lowest BCUT2D eigenvalue weighted by Gasteiger charge is -2.17. The number of amides is 1. The van der Waals surface area contributed by atoms with Gasteiger partial charge in [-0.3, -0.25) is 14.5 Å². The Morgan fingerprint density at radius 3 is 2.52 bits per heavy atom. The van der Waals surface area contributed by atoms with E-state index in [4.69, 9.17) is 0 Å². The average Bonchev–Trinajstić information content (AvgIpc) is 2.89. The molecule has 0 fully saturated rings. The van der Waals surface area contributed by atoms with Gasteiger partial charge in [-0.25, -0.2) is 12.8 Å². The lowest BCUT2D eigenvalue weighted by Crippen LogP contribution is -2.38. The van der Waals surface area contributed by atoms with Gasteiger partial charge in [-0.2, -0.15) is 0 Å². The van der Waals surface area contributed by atoms with Gasteiger partial charge in [0.05, 0.1) is 4.90 Å². The number of rotatable bonds is 5. The molecule has 0 spiro atoms. The van der Waals surface area contributed by atoms with E-state index in [0.29, 0.717) is 11.1 Å². The van der Waals surface area contributed by atoms with Crippen LogP contribution in [0.3, 0.4) is 0 Å². The number of benzene rings is 2. The van der Waals surface area contributed by atoms with Gasteiger partial charge in [-0.15, -0.1) is 0 Å². The first-order valence-corrected chi connectivity index (χ1v) is 9.99. The van der Waals surface area contributed by atoms with Crippen molar-refractivity contribution in [2.75, 3.05) is 0 Å². The number of carbonyl (C=O) groups is 1. The minimum Gasteiger partial charge on any atom is -0.350 e. The Kier molecular flexibility index (Phi) is 5.27. The van der Waals surface area contributed by atoms with E-state index in [1.54, 1.807) is 36.4 Å². The van der Waals surface area contributed by atoms with Crippen LogP contribution in [0.15, 0.2) is 58.4 Å². The molecule has 0 unspecified atom stereocenters. The summed E-state index contributed by atoms with van der Waals surface area (Å²) in [6, 6.07) is 11.8. The van der Waals surface area contributed by atoms with E-state index in [9.17, 15) is 17.6 Å². The first-order valence-electron chi connectivity index (χ1n) is 8.51. The summed E-state index contributed by atoms with van der Waals surface area (Å²) < 4.78 is 40.5. The summed E-state index contributed by atoms with van der Waals surface area (Å²) in [6.45, 7) is 3.65. The third-order valence-electron chi connectivity index (χ3n) is 4.24. The van der Waals surface area contributed by atoms with Crippen molar-refractivity contribution in [1.29, 1.82) is 0 Å². The van der Waals surface area contributed by atoms with E-state index in [0.717, 1.165) is 0 Å². The van der Waals surface area contributed by atoms with E-state index in [1.165, 1.54) is 12.1 Å². The smallest absolute Gasteiger partial charge is 0.263 e. The fourth-order valence-corrected chi connectivity index (χ4v) is 4.05. The Hall–Kier alpha value is -2.74. The highest BCUT2D eigenvalue weighted by Gasteiger charge is 2.32. The summed E-state index contributed by atoms with van der Waals surface area (Å²) in [7, 11) is -3.67. The molecule has 3 rings (SSSR count). The monoisotopic (exact) mass is 389 g/mol. The Morgan fingerprint density at radius 2 is 1.81 bits per heavy atom. The summed E-state index contributed by atoms with van der Waals surface area (Å²) >= 11 is 0. The number of carbonyl (C=O) groups excluding carboxylic acids is 1. The zero-order valence-electron chi connectivity index (χ0n) is 14.9. The molecule has 6 nitrogen and oxygen atoms in total. The first-order chi connectivity index (χ1) is 12.8. The van der Waals surface area contributed by atoms with Gasteiger partial charge in [0.1, 0.15) is 17.7 Å². The van der Waals surface area contributed by atoms with E-state index in [-0.39, 0.29) is 23.2 Å². The maximum absolute atomic E-state index is 13.7. The van der Waals surface area contributed by atoms with Crippen molar-refractivity contribution >= 4 is 21.8 Å². The van der Waals surface area contributed by atoms with Crippen LogP contribution in [-0.4, -0.2) is 26.2 Å². The van der Waals surface area contributed by atoms with E-state index >= 15 is 0 Å². The second-order valence-electron chi connectivity index (χ2n) is 6.58. The van der Waals surface area contributed by atoms with Crippen LogP contribution in [0.2, 0.25) is 0 Å². The van der Waals surface area contributed by atoms with Crippen LogP contribution in [0.5, 0.6) is 0 Å². The van der Waals surface area contributed by atoms with Crippen LogP contribution < -0.4 is 10.0 Å². The van der Waals surface area contributed by atoms with Gasteiger partial charge >= 0.3 is 0 Å². The molecule has 0 aromatic heterocycles. The van der Waals surface area contributed by atoms with Crippen molar-refractivity contribution in [2.24, 2.45) is 10.9 Å². The predicted octanol–water partition coefficient (Wildman–Crippen LogP) is 2.21. The van der Waals surface area contributed by atoms with Gasteiger partial charge in [0.25, 0.3) is 10.0 Å². The molecule has 1 heterocycles. The maximum Gasteiger partial charge on any atom is 0.263 e. The number of hydrogen-bond acceptors (Lipinski definition) is 4. The molecule has 0 saturated carbocycles. The fraction of sp³-hybridized carbons (Fsp3) is 0.263. The van der Waals surface area contributed by atoms with Crippen LogP contribution in [0.1, 0.15) is 25.0 Å². The summed E-state index contributed by atoms with van der Waals surface area (Å²) in [4.78, 5) is 17.1. The summed E-state index contributed by atoms with van der Waals surface area (Å²) in [5.41, 5.74) is 0.804. The van der Waals surface area contributed by atoms with Crippen molar-refractivity contribution in [2.45, 2.75) is 31.3 Å². The summed E-state index contributed by atoms with van der Waals surface area (Å²) in [6.07, 6.45) is 0. The van der Waals surface area contributed by atoms with Gasteiger partial charge in [-0.1, -0.05) is 44.2 Å². The highest BCUT2D eigenvalue weighted by molar-refractivity contribution is 7.90. The Balaban J connectivity index is 1.83. The first kappa shape index (κ1) is 19.0. The SMILES string of the molecule is CC(C)[C@H](N=C1NS(=O)(=O)c2ccccc21)C(=O)NCc1ccccc1F. The molecule has 1 amide bonds. The molecule has 0 saturated heterocycles. The van der Waals surface area contributed by atoms with Crippen LogP contribution in [0.4, 0.5) is 4.39 Å². The van der Waals surface area contributed by atoms with Crippen LogP contribution >= 0.6 is 0 Å². The van der Waals surface area contributed by atoms with Gasteiger partial charge < -0.3 is 5.32 Å². The van der Waals surface area contributed by atoms with E-state index in [2.05, 4.69) is 15.0 Å². The van der Waals surface area contributed by atoms with Gasteiger partial charge in [-0.05, 0) is 24.1 Å². The lowest BCUT2D eigenvalue weighted by molar-refractivity contribution is -0.123. The topological polar surface area (TPSA) is 87.6 Å². The van der Waals surface area contributed by atoms with Crippen molar-refractivity contribution in [3.8, 4) is 0 Å². The standard InChI is InChI=1S/C19H20FN3O3S/c1-12(2)17(19(24)21-11-13-7-3-5-9-15(13)20)22-18-14-8-4-6-10-16(14)27(25,26)23-18/h3-10,12,17H,11H2,1-2H3,(H,21,24)(H,22,23)/t17-/m0/s1. The molecular formula is C19H20FN3O3S. The number of hydrogen-bond donors (Lipinski definition) is 2. The Labute approximate surface area is 157 Å². The zero-order valence-corrected chi connectivity index (χ0v) is 15.8. The van der Waals surface area contributed by atoms with E-state index < -0.39 is 27.8 Å². The number of aliphatic imine (C=N–C) groups is 1. The molecule has 2 N–H and O–H groups in total. The van der Waals surface area contributed by atoms with Crippen molar-refractivity contribution in [3.63, 3.8) is 0 Å². The second kappa shape index (κ2) is 7.48. The molecule has 27 heavy (non-hydrogen) atoms. The molecule has 2 aromatic rings. The molecule has 8 heteroatoms. The number of halogens is 1. The van der Waals surface area contributed by atoms with Crippen LogP contribution in [0, 0.1) is 11.7 Å². The van der Waals surface area contributed by atoms with Crippen LogP contribution in [0.25, 0.3) is 0 Å². The fourth-order valence-electron chi connectivity index (χ4n) is 2.81. The van der Waals surface area contributed by atoms with Crippen LogP contribution in [-0.2, 0) is 21.4 Å². The zero-order chi connectivity index (χ0) is 19.6. The number of sulfonamides is 1. The third-order valence-corrected chi connectivity index (χ3v) is 5.64. The van der Waals surface area contributed by atoms with Crippen molar-refractivity contribution in [3.05, 3.63) is 65.5 Å². The molecule has 0 bridgehead atoms. The molecule has 0 radical (unpaired) electrons. The average molecular weight is 389 g/mol. The highest BCUT2D eigenvalue weighted by atomic mass is 32.2. The maximum atomic E-state index is 13.7. The number of nitrogens with zero attached hydrogens (tertiary/aromatic N) is 1. The van der Waals surface area contributed by atoms with E-state index in [1.807, 2.05) is 13.8 Å². The number of amidine groups is 1. The molecular weight excluding hydrogens is 369 g/mol. The molecule has 1 aliphatic rings. The second-order valence-corrected chi connectivity index (χ2v) is 8.23. The number of fused-ring (bicyclic) bond motifs is 1. The van der Waals surface area contributed by atoms with Gasteiger partial charge in [0.2, 0.25) is 5.91 Å². The quantitative estimate of drug-likeness (QED) is 0.822. The highest BCUT2D eigenvalue weighted by Crippen LogP contribution is 2.23. The molecule has 0 aliphatic carbocycles. The minimum atomic E-state index is -3.67. The summed E-state index contributed by atoms with van der Waals surface area (Å²) in [5, 5.41) is 2.68. The molecule has 142 valence electrons. The van der Waals surface area contributed by atoms with Crippen molar-refractivity contribution < 1.29 is 17.6 Å². The predicted molar refractivity (Wildman–Crippen MR) is 100 cm³/mol. The molecule has 1 aliphatic heterocycles. The Morgan fingerprint density at radius 1 is 1.15 bits per heavy atom. The largest absolute Gasteiger partial charge is 0.350 e. The Bertz CT molecular complexity index is 1000. The van der Waals surface area contributed by atoms with Gasteiger partial charge in [0.15, 0.2) is 0 Å².